The molecular weight excluding hydrogens is 326 g/mol. The number of carbonyl (C=O) groups is 2. The first kappa shape index (κ1) is 21.4. The Labute approximate surface area is 156 Å². The molecule has 0 heterocycles. The van der Waals surface area contributed by atoms with Gasteiger partial charge in [-0.15, -0.1) is 0 Å². The summed E-state index contributed by atoms with van der Waals surface area (Å²) in [5, 5.41) is 8.94. The minimum atomic E-state index is -0.939. The molecule has 0 unspecified atom stereocenters. The molecule has 4 heteroatoms. The van der Waals surface area contributed by atoms with E-state index >= 15 is 0 Å². The van der Waals surface area contributed by atoms with E-state index in [1.807, 2.05) is 43.9 Å². The highest BCUT2D eigenvalue weighted by Gasteiger charge is 2.12. The lowest BCUT2D eigenvalue weighted by Crippen LogP contribution is -2.31. The molecule has 4 nitrogen and oxygen atoms in total. The lowest BCUT2D eigenvalue weighted by atomic mass is 10.1. The molecule has 0 fully saturated rings. The highest BCUT2D eigenvalue weighted by molar-refractivity contribution is 5.87. The van der Waals surface area contributed by atoms with Crippen LogP contribution in [0.4, 0.5) is 0 Å². The van der Waals surface area contributed by atoms with Gasteiger partial charge < -0.3 is 10.0 Å². The largest absolute Gasteiger partial charge is 0.478 e. The highest BCUT2D eigenvalue weighted by atomic mass is 16.4. The van der Waals surface area contributed by atoms with Gasteiger partial charge in [-0.05, 0) is 36.1 Å². The summed E-state index contributed by atoms with van der Waals surface area (Å²) in [7, 11) is 0. The van der Waals surface area contributed by atoms with E-state index in [1.165, 1.54) is 5.56 Å². The zero-order valence-corrected chi connectivity index (χ0v) is 15.9. The highest BCUT2D eigenvalue weighted by Crippen LogP contribution is 2.11. The lowest BCUT2D eigenvalue weighted by Gasteiger charge is -2.22. The summed E-state index contributed by atoms with van der Waals surface area (Å²) in [6.45, 7) is 7.07. The monoisotopic (exact) mass is 355 g/mol. The molecule has 1 N–H and O–H groups in total. The minimum Gasteiger partial charge on any atom is -0.478 e. The molecule has 0 saturated heterocycles. The summed E-state index contributed by atoms with van der Waals surface area (Å²) in [6, 6.07) is 16.9. The molecule has 0 saturated carbocycles. The fraction of sp³-hybridized carbons (Fsp3) is 0.364. The minimum absolute atomic E-state index is 0.116. The Hall–Kier alpha value is -2.62. The summed E-state index contributed by atoms with van der Waals surface area (Å²) in [4.78, 5) is 24.9. The Kier molecular flexibility index (Phi) is 9.77. The van der Waals surface area contributed by atoms with E-state index < -0.39 is 5.97 Å². The van der Waals surface area contributed by atoms with Crippen molar-refractivity contribution in [3.63, 3.8) is 0 Å². The smallest absolute Gasteiger partial charge is 0.335 e. The Morgan fingerprint density at radius 3 is 2.08 bits per heavy atom. The van der Waals surface area contributed by atoms with Gasteiger partial charge in [-0.2, -0.15) is 0 Å². The van der Waals surface area contributed by atoms with Crippen LogP contribution >= 0.6 is 0 Å². The topological polar surface area (TPSA) is 57.6 Å². The third-order valence-electron chi connectivity index (χ3n) is 3.97. The van der Waals surface area contributed by atoms with Gasteiger partial charge in [0.25, 0.3) is 0 Å². The molecule has 0 atom stereocenters. The second kappa shape index (κ2) is 11.9. The van der Waals surface area contributed by atoms with Gasteiger partial charge in [0.1, 0.15) is 0 Å². The number of hydrogen-bond donors (Lipinski definition) is 1. The van der Waals surface area contributed by atoms with E-state index in [0.717, 1.165) is 18.4 Å². The molecule has 0 aliphatic heterocycles. The molecule has 2 rings (SSSR count). The van der Waals surface area contributed by atoms with Crippen LogP contribution in [0.5, 0.6) is 0 Å². The Bertz CT molecular complexity index is 666. The fourth-order valence-electron chi connectivity index (χ4n) is 2.61. The standard InChI is InChI=1S/C20H23NO3.C2H6/c1-2-19(22)21(14-6-9-16-7-4-3-5-8-16)15-17-10-12-18(13-11-17)20(23)24;1-2/h3-5,7-8,10-13H,2,6,9,14-15H2,1H3,(H,23,24);1-2H3. The van der Waals surface area contributed by atoms with Crippen molar-refractivity contribution in [1.29, 1.82) is 0 Å². The van der Waals surface area contributed by atoms with Gasteiger partial charge in [-0.1, -0.05) is 63.2 Å². The van der Waals surface area contributed by atoms with Gasteiger partial charge in [0.05, 0.1) is 5.56 Å². The second-order valence-electron chi connectivity index (χ2n) is 5.76. The number of benzene rings is 2. The first-order valence-corrected chi connectivity index (χ1v) is 9.24. The number of carboxylic acids is 1. The molecule has 26 heavy (non-hydrogen) atoms. The van der Waals surface area contributed by atoms with Crippen molar-refractivity contribution >= 4 is 11.9 Å². The molecule has 0 bridgehead atoms. The van der Waals surface area contributed by atoms with Crippen LogP contribution in [0.15, 0.2) is 54.6 Å². The van der Waals surface area contributed by atoms with Crippen LogP contribution in [0.1, 0.15) is 55.1 Å². The molecule has 0 radical (unpaired) electrons. The molecule has 0 aromatic heterocycles. The van der Waals surface area contributed by atoms with Crippen molar-refractivity contribution in [2.75, 3.05) is 6.54 Å². The number of carbonyl (C=O) groups excluding carboxylic acids is 1. The third kappa shape index (κ3) is 7.09. The Morgan fingerprint density at radius 2 is 1.54 bits per heavy atom. The van der Waals surface area contributed by atoms with E-state index in [9.17, 15) is 9.59 Å². The SMILES string of the molecule is CC.CCC(=O)N(CCCc1ccccc1)Cc1ccc(C(=O)O)cc1. The Balaban J connectivity index is 0.00000163. The van der Waals surface area contributed by atoms with Crippen molar-refractivity contribution < 1.29 is 14.7 Å². The zero-order valence-electron chi connectivity index (χ0n) is 15.9. The number of amides is 1. The summed E-state index contributed by atoms with van der Waals surface area (Å²) >= 11 is 0. The molecule has 0 spiro atoms. The average molecular weight is 355 g/mol. The van der Waals surface area contributed by atoms with Crippen LogP contribution in [-0.2, 0) is 17.8 Å². The number of aromatic carboxylic acids is 1. The number of aryl methyl sites for hydroxylation is 1. The lowest BCUT2D eigenvalue weighted by molar-refractivity contribution is -0.131. The summed E-state index contributed by atoms with van der Waals surface area (Å²) < 4.78 is 0. The van der Waals surface area contributed by atoms with Gasteiger partial charge in [-0.3, -0.25) is 4.79 Å². The number of rotatable bonds is 8. The van der Waals surface area contributed by atoms with Crippen molar-refractivity contribution in [2.45, 2.75) is 46.6 Å². The maximum atomic E-state index is 12.2. The van der Waals surface area contributed by atoms with Gasteiger partial charge in [-0.25, -0.2) is 4.79 Å². The van der Waals surface area contributed by atoms with E-state index in [2.05, 4.69) is 12.1 Å². The van der Waals surface area contributed by atoms with Crippen LogP contribution < -0.4 is 0 Å². The first-order valence-electron chi connectivity index (χ1n) is 9.24. The maximum Gasteiger partial charge on any atom is 0.335 e. The fourth-order valence-corrected chi connectivity index (χ4v) is 2.61. The number of nitrogens with zero attached hydrogens (tertiary/aromatic N) is 1. The normalized spacial score (nSPS) is 9.81. The quantitative estimate of drug-likeness (QED) is 0.741. The summed E-state index contributed by atoms with van der Waals surface area (Å²) in [5.41, 5.74) is 2.48. The zero-order chi connectivity index (χ0) is 19.4. The van der Waals surface area contributed by atoms with Crippen LogP contribution in [0, 0.1) is 0 Å². The van der Waals surface area contributed by atoms with Crippen molar-refractivity contribution in [1.82, 2.24) is 4.90 Å². The molecule has 2 aromatic carbocycles. The van der Waals surface area contributed by atoms with Crippen LogP contribution in [0.3, 0.4) is 0 Å². The van der Waals surface area contributed by atoms with Crippen molar-refractivity contribution in [2.24, 2.45) is 0 Å². The van der Waals surface area contributed by atoms with E-state index in [0.29, 0.717) is 19.5 Å². The summed E-state index contributed by atoms with van der Waals surface area (Å²) in [6.07, 6.45) is 2.31. The molecule has 1 amide bonds. The molecule has 0 aliphatic rings. The molecule has 140 valence electrons. The van der Waals surface area contributed by atoms with Gasteiger partial charge in [0.2, 0.25) is 5.91 Å². The maximum absolute atomic E-state index is 12.2. The summed E-state index contributed by atoms with van der Waals surface area (Å²) in [5.74, 6) is -0.823. The predicted octanol–water partition coefficient (Wildman–Crippen LogP) is 4.78. The van der Waals surface area contributed by atoms with Crippen LogP contribution in [0.25, 0.3) is 0 Å². The van der Waals surface area contributed by atoms with E-state index in [4.69, 9.17) is 5.11 Å². The van der Waals surface area contributed by atoms with Crippen molar-refractivity contribution in [3.05, 3.63) is 71.3 Å². The second-order valence-corrected chi connectivity index (χ2v) is 5.76. The van der Waals surface area contributed by atoms with Gasteiger partial charge in [0, 0.05) is 19.5 Å². The van der Waals surface area contributed by atoms with Gasteiger partial charge in [0.15, 0.2) is 0 Å². The number of carboxylic acid groups (broad SMARTS) is 1. The van der Waals surface area contributed by atoms with Crippen LogP contribution in [-0.4, -0.2) is 28.4 Å². The Morgan fingerprint density at radius 1 is 0.923 bits per heavy atom. The average Bonchev–Trinajstić information content (AvgIpc) is 2.69. The predicted molar refractivity (Wildman–Crippen MR) is 105 cm³/mol. The number of hydrogen-bond acceptors (Lipinski definition) is 2. The van der Waals surface area contributed by atoms with Crippen LogP contribution in [0.2, 0.25) is 0 Å². The molecular formula is C22H29NO3. The third-order valence-corrected chi connectivity index (χ3v) is 3.97. The first-order chi connectivity index (χ1) is 12.6. The van der Waals surface area contributed by atoms with Gasteiger partial charge >= 0.3 is 5.97 Å². The van der Waals surface area contributed by atoms with Crippen molar-refractivity contribution in [3.8, 4) is 0 Å². The molecule has 2 aromatic rings. The molecule has 0 aliphatic carbocycles. The van der Waals surface area contributed by atoms with E-state index in [1.54, 1.807) is 24.3 Å². The van der Waals surface area contributed by atoms with E-state index in [-0.39, 0.29) is 11.5 Å².